The van der Waals surface area contributed by atoms with Crippen LogP contribution in [0.4, 0.5) is 0 Å². The van der Waals surface area contributed by atoms with E-state index in [1.807, 2.05) is 6.92 Å². The molecule has 0 spiro atoms. The first-order valence-corrected chi connectivity index (χ1v) is 3.24. The molecule has 0 bridgehead atoms. The van der Waals surface area contributed by atoms with Gasteiger partial charge in [0.05, 0.1) is 11.9 Å². The summed E-state index contributed by atoms with van der Waals surface area (Å²) < 4.78 is 0. The molecule has 0 radical (unpaired) electrons. The molecule has 2 N–H and O–H groups in total. The number of hydrogen-bond donors (Lipinski definition) is 1. The lowest BCUT2D eigenvalue weighted by Crippen LogP contribution is -2.11. The molecule has 0 fully saturated rings. The van der Waals surface area contributed by atoms with Gasteiger partial charge in [-0.1, -0.05) is 6.92 Å². The fourth-order valence-corrected chi connectivity index (χ4v) is 0.657. The Kier molecular flexibility index (Phi) is 2.28. The molecule has 0 aliphatic heterocycles. The third-order valence-electron chi connectivity index (χ3n) is 1.34. The van der Waals surface area contributed by atoms with Crippen LogP contribution in [0, 0.1) is 0 Å². The monoisotopic (exact) mass is 138 g/mol. The van der Waals surface area contributed by atoms with E-state index in [0.29, 0.717) is 0 Å². The molecule has 54 valence electrons. The maximum absolute atomic E-state index is 5.66. The zero-order chi connectivity index (χ0) is 7.40. The van der Waals surface area contributed by atoms with Gasteiger partial charge in [0, 0.05) is 6.04 Å². The van der Waals surface area contributed by atoms with E-state index in [9.17, 15) is 0 Å². The average Bonchev–Trinajstić information content (AvgIpc) is 2.05. The summed E-state index contributed by atoms with van der Waals surface area (Å²) in [5, 5.41) is 10.8. The Hall–Kier alpha value is -1.03. The van der Waals surface area contributed by atoms with Crippen LogP contribution in [-0.2, 0) is 0 Å². The van der Waals surface area contributed by atoms with Gasteiger partial charge in [0.1, 0.15) is 0 Å². The average molecular weight is 138 g/mol. The lowest BCUT2D eigenvalue weighted by Gasteiger charge is -2.03. The first-order valence-electron chi connectivity index (χ1n) is 3.24. The normalized spacial score (nSPS) is 13.0. The Morgan fingerprint density at radius 3 is 3.00 bits per heavy atom. The Morgan fingerprint density at radius 2 is 2.50 bits per heavy atom. The summed E-state index contributed by atoms with van der Waals surface area (Å²) in [6.45, 7) is 2.01. The SMILES string of the molecule is CCC(N)c1ccnnn1. The van der Waals surface area contributed by atoms with Gasteiger partial charge in [-0.05, 0) is 17.7 Å². The van der Waals surface area contributed by atoms with Gasteiger partial charge in [-0.25, -0.2) is 0 Å². The van der Waals surface area contributed by atoms with Crippen LogP contribution in [0.25, 0.3) is 0 Å². The van der Waals surface area contributed by atoms with E-state index >= 15 is 0 Å². The first-order chi connectivity index (χ1) is 4.84. The molecular weight excluding hydrogens is 128 g/mol. The van der Waals surface area contributed by atoms with E-state index in [-0.39, 0.29) is 6.04 Å². The van der Waals surface area contributed by atoms with E-state index in [1.165, 1.54) is 0 Å². The maximum atomic E-state index is 5.66. The Bertz CT molecular complexity index is 186. The van der Waals surface area contributed by atoms with Gasteiger partial charge in [-0.15, -0.1) is 10.2 Å². The van der Waals surface area contributed by atoms with Gasteiger partial charge >= 0.3 is 0 Å². The molecule has 10 heavy (non-hydrogen) atoms. The van der Waals surface area contributed by atoms with Crippen molar-refractivity contribution in [1.82, 2.24) is 15.4 Å². The van der Waals surface area contributed by atoms with Gasteiger partial charge < -0.3 is 5.73 Å². The number of nitrogens with zero attached hydrogens (tertiary/aromatic N) is 3. The molecule has 0 aliphatic carbocycles. The number of nitrogens with two attached hydrogens (primary N) is 1. The Morgan fingerprint density at radius 1 is 1.70 bits per heavy atom. The zero-order valence-corrected chi connectivity index (χ0v) is 5.86. The highest BCUT2D eigenvalue weighted by Crippen LogP contribution is 2.06. The second kappa shape index (κ2) is 3.22. The highest BCUT2D eigenvalue weighted by molar-refractivity contribution is 5.00. The Balaban J connectivity index is 2.75. The maximum Gasteiger partial charge on any atom is 0.0831 e. The highest BCUT2D eigenvalue weighted by Gasteiger charge is 2.02. The van der Waals surface area contributed by atoms with E-state index in [0.717, 1.165) is 12.1 Å². The minimum atomic E-state index is -0.00417. The summed E-state index contributed by atoms with van der Waals surface area (Å²) in [5.74, 6) is 0. The van der Waals surface area contributed by atoms with Crippen molar-refractivity contribution in [2.24, 2.45) is 5.73 Å². The summed E-state index contributed by atoms with van der Waals surface area (Å²) in [6, 6.07) is 1.77. The molecule has 1 atom stereocenters. The summed E-state index contributed by atoms with van der Waals surface area (Å²) in [6.07, 6.45) is 2.47. The van der Waals surface area contributed by atoms with Crippen LogP contribution in [0.2, 0.25) is 0 Å². The zero-order valence-electron chi connectivity index (χ0n) is 5.86. The lowest BCUT2D eigenvalue weighted by atomic mass is 10.2. The van der Waals surface area contributed by atoms with Crippen LogP contribution in [-0.4, -0.2) is 15.4 Å². The van der Waals surface area contributed by atoms with Crippen molar-refractivity contribution in [3.63, 3.8) is 0 Å². The van der Waals surface area contributed by atoms with E-state index in [4.69, 9.17) is 5.73 Å². The van der Waals surface area contributed by atoms with Gasteiger partial charge in [-0.2, -0.15) is 0 Å². The standard InChI is InChI=1S/C6H10N4/c1-2-5(7)6-3-4-8-10-9-6/h3-5H,2,7H2,1H3. The van der Waals surface area contributed by atoms with E-state index in [1.54, 1.807) is 12.3 Å². The molecule has 1 heterocycles. The summed E-state index contributed by atoms with van der Waals surface area (Å²) in [5.41, 5.74) is 6.47. The number of aromatic nitrogens is 3. The second-order valence-corrected chi connectivity index (χ2v) is 2.06. The van der Waals surface area contributed by atoms with Gasteiger partial charge in [0.15, 0.2) is 0 Å². The van der Waals surface area contributed by atoms with Crippen LogP contribution in [0.3, 0.4) is 0 Å². The summed E-state index contributed by atoms with van der Waals surface area (Å²) >= 11 is 0. The molecule has 1 aromatic rings. The van der Waals surface area contributed by atoms with Crippen LogP contribution in [0.5, 0.6) is 0 Å². The molecule has 0 amide bonds. The molecule has 0 saturated carbocycles. The third kappa shape index (κ3) is 1.48. The van der Waals surface area contributed by atoms with Gasteiger partial charge in [-0.3, -0.25) is 0 Å². The number of hydrogen-bond acceptors (Lipinski definition) is 4. The largest absolute Gasteiger partial charge is 0.323 e. The van der Waals surface area contributed by atoms with Crippen molar-refractivity contribution in [2.45, 2.75) is 19.4 Å². The smallest absolute Gasteiger partial charge is 0.0831 e. The van der Waals surface area contributed by atoms with E-state index < -0.39 is 0 Å². The predicted octanol–water partition coefficient (Wildman–Crippen LogP) is 0.281. The quantitative estimate of drug-likeness (QED) is 0.637. The second-order valence-electron chi connectivity index (χ2n) is 2.06. The molecule has 0 aliphatic rings. The summed E-state index contributed by atoms with van der Waals surface area (Å²) in [4.78, 5) is 0. The van der Waals surface area contributed by atoms with Crippen LogP contribution < -0.4 is 5.73 Å². The fourth-order valence-electron chi connectivity index (χ4n) is 0.657. The van der Waals surface area contributed by atoms with Crippen molar-refractivity contribution >= 4 is 0 Å². The highest BCUT2D eigenvalue weighted by atomic mass is 15.3. The topological polar surface area (TPSA) is 64.7 Å². The molecule has 4 heteroatoms. The van der Waals surface area contributed by atoms with Crippen LogP contribution in [0.15, 0.2) is 12.3 Å². The molecular formula is C6H10N4. The van der Waals surface area contributed by atoms with Crippen LogP contribution >= 0.6 is 0 Å². The van der Waals surface area contributed by atoms with Crippen molar-refractivity contribution < 1.29 is 0 Å². The van der Waals surface area contributed by atoms with Crippen molar-refractivity contribution in [1.29, 1.82) is 0 Å². The van der Waals surface area contributed by atoms with Gasteiger partial charge in [0.2, 0.25) is 0 Å². The Labute approximate surface area is 59.5 Å². The van der Waals surface area contributed by atoms with Gasteiger partial charge in [0.25, 0.3) is 0 Å². The molecule has 1 unspecified atom stereocenters. The van der Waals surface area contributed by atoms with Crippen molar-refractivity contribution in [3.05, 3.63) is 18.0 Å². The first kappa shape index (κ1) is 7.08. The molecule has 1 rings (SSSR count). The molecule has 0 saturated heterocycles. The minimum absolute atomic E-state index is 0.00417. The van der Waals surface area contributed by atoms with Crippen molar-refractivity contribution in [3.8, 4) is 0 Å². The van der Waals surface area contributed by atoms with Crippen LogP contribution in [0.1, 0.15) is 25.1 Å². The fraction of sp³-hybridized carbons (Fsp3) is 0.500. The van der Waals surface area contributed by atoms with Crippen molar-refractivity contribution in [2.75, 3.05) is 0 Å². The third-order valence-corrected chi connectivity index (χ3v) is 1.34. The minimum Gasteiger partial charge on any atom is -0.323 e. The summed E-state index contributed by atoms with van der Waals surface area (Å²) in [7, 11) is 0. The molecule has 1 aromatic heterocycles. The van der Waals surface area contributed by atoms with E-state index in [2.05, 4.69) is 15.4 Å². The number of rotatable bonds is 2. The predicted molar refractivity (Wildman–Crippen MR) is 37.0 cm³/mol. The molecule has 0 aromatic carbocycles. The lowest BCUT2D eigenvalue weighted by molar-refractivity contribution is 0.646. The molecule has 4 nitrogen and oxygen atoms in total.